The van der Waals surface area contributed by atoms with Gasteiger partial charge >= 0.3 is 0 Å². The summed E-state index contributed by atoms with van der Waals surface area (Å²) >= 11 is 1.48. The molecule has 0 unspecified atom stereocenters. The van der Waals surface area contributed by atoms with Crippen molar-refractivity contribution in [3.8, 4) is 5.88 Å². The van der Waals surface area contributed by atoms with Crippen LogP contribution in [0.4, 0.5) is 0 Å². The third-order valence-electron chi connectivity index (χ3n) is 3.11. The average Bonchev–Trinajstić information content (AvgIpc) is 2.92. The largest absolute Gasteiger partial charge is 0.473 e. The molecule has 0 aliphatic carbocycles. The van der Waals surface area contributed by atoms with Crippen molar-refractivity contribution in [3.63, 3.8) is 0 Å². The topological polar surface area (TPSA) is 35.0 Å². The quantitative estimate of drug-likeness (QED) is 0.724. The van der Waals surface area contributed by atoms with Gasteiger partial charge in [-0.3, -0.25) is 0 Å². The first-order valence-electron chi connectivity index (χ1n) is 6.14. The van der Waals surface area contributed by atoms with Crippen LogP contribution in [0, 0.1) is 13.8 Å². The monoisotopic (exact) mass is 270 g/mol. The standard InChI is InChI=1S/C15H14N2OS/c1-10-13-8-16-19-14(13)11(2)17-15(10)18-9-12-6-4-3-5-7-12/h3-8H,9H2,1-2H3. The van der Waals surface area contributed by atoms with Gasteiger partial charge in [0.2, 0.25) is 5.88 Å². The highest BCUT2D eigenvalue weighted by Crippen LogP contribution is 2.30. The smallest absolute Gasteiger partial charge is 0.217 e. The summed E-state index contributed by atoms with van der Waals surface area (Å²) < 4.78 is 11.2. The van der Waals surface area contributed by atoms with Crippen LogP contribution >= 0.6 is 11.5 Å². The molecule has 2 aromatic heterocycles. The molecule has 2 heterocycles. The fourth-order valence-electron chi connectivity index (χ4n) is 2.04. The normalized spacial score (nSPS) is 10.8. The van der Waals surface area contributed by atoms with E-state index in [2.05, 4.69) is 9.36 Å². The number of aromatic nitrogens is 2. The van der Waals surface area contributed by atoms with Gasteiger partial charge in [-0.15, -0.1) is 0 Å². The molecule has 0 radical (unpaired) electrons. The van der Waals surface area contributed by atoms with Gasteiger partial charge in [0, 0.05) is 17.1 Å². The zero-order valence-corrected chi connectivity index (χ0v) is 11.7. The molecular weight excluding hydrogens is 256 g/mol. The van der Waals surface area contributed by atoms with E-state index in [0.717, 1.165) is 26.9 Å². The first kappa shape index (κ1) is 12.1. The molecule has 0 fully saturated rings. The van der Waals surface area contributed by atoms with E-state index in [-0.39, 0.29) is 0 Å². The second-order valence-corrected chi connectivity index (χ2v) is 5.27. The minimum atomic E-state index is 0.539. The van der Waals surface area contributed by atoms with Gasteiger partial charge in [-0.05, 0) is 30.9 Å². The maximum Gasteiger partial charge on any atom is 0.217 e. The van der Waals surface area contributed by atoms with Crippen LogP contribution < -0.4 is 4.74 Å². The number of aryl methyl sites for hydroxylation is 2. The van der Waals surface area contributed by atoms with E-state index in [1.807, 2.05) is 50.4 Å². The third kappa shape index (κ3) is 2.31. The van der Waals surface area contributed by atoms with Gasteiger partial charge in [0.1, 0.15) is 6.61 Å². The van der Waals surface area contributed by atoms with Crippen molar-refractivity contribution in [2.45, 2.75) is 20.5 Å². The number of ether oxygens (including phenoxy) is 1. The van der Waals surface area contributed by atoms with Crippen LogP contribution in [0.3, 0.4) is 0 Å². The molecule has 3 rings (SSSR count). The minimum Gasteiger partial charge on any atom is -0.473 e. The highest BCUT2D eigenvalue weighted by atomic mass is 32.1. The molecule has 0 saturated heterocycles. The molecule has 0 aliphatic rings. The fourth-order valence-corrected chi connectivity index (χ4v) is 2.78. The van der Waals surface area contributed by atoms with Crippen molar-refractivity contribution in [1.82, 2.24) is 9.36 Å². The molecule has 0 spiro atoms. The molecule has 3 nitrogen and oxygen atoms in total. The minimum absolute atomic E-state index is 0.539. The molecule has 0 bridgehead atoms. The van der Waals surface area contributed by atoms with Crippen LogP contribution in [0.25, 0.3) is 10.1 Å². The summed E-state index contributed by atoms with van der Waals surface area (Å²) in [4.78, 5) is 4.54. The molecule has 0 aliphatic heterocycles. The van der Waals surface area contributed by atoms with Crippen LogP contribution in [-0.4, -0.2) is 9.36 Å². The zero-order chi connectivity index (χ0) is 13.2. The molecule has 0 saturated carbocycles. The SMILES string of the molecule is Cc1c(OCc2ccccc2)nc(C)c2sncc12. The number of nitrogens with zero attached hydrogens (tertiary/aromatic N) is 2. The molecular formula is C15H14N2OS. The van der Waals surface area contributed by atoms with Gasteiger partial charge in [0.15, 0.2) is 0 Å². The lowest BCUT2D eigenvalue weighted by atomic mass is 10.2. The molecule has 0 atom stereocenters. The summed E-state index contributed by atoms with van der Waals surface area (Å²) in [6, 6.07) is 10.1. The summed E-state index contributed by atoms with van der Waals surface area (Å²) in [5, 5.41) is 1.14. The maximum atomic E-state index is 5.85. The van der Waals surface area contributed by atoms with Crippen LogP contribution in [0.15, 0.2) is 36.5 Å². The zero-order valence-electron chi connectivity index (χ0n) is 10.9. The molecule has 0 amide bonds. The second-order valence-electron chi connectivity index (χ2n) is 4.47. The molecule has 3 aromatic rings. The molecule has 19 heavy (non-hydrogen) atoms. The Hall–Kier alpha value is -1.94. The summed E-state index contributed by atoms with van der Waals surface area (Å²) in [7, 11) is 0. The van der Waals surface area contributed by atoms with Gasteiger partial charge in [-0.1, -0.05) is 30.3 Å². The van der Waals surface area contributed by atoms with Crippen molar-refractivity contribution in [2.24, 2.45) is 0 Å². The Bertz CT molecular complexity index is 707. The van der Waals surface area contributed by atoms with Crippen molar-refractivity contribution >= 4 is 21.6 Å². The summed E-state index contributed by atoms with van der Waals surface area (Å²) in [6.07, 6.45) is 1.89. The van der Waals surface area contributed by atoms with E-state index in [4.69, 9.17) is 4.74 Å². The summed E-state index contributed by atoms with van der Waals surface area (Å²) in [5.74, 6) is 0.703. The number of benzene rings is 1. The predicted molar refractivity (Wildman–Crippen MR) is 77.7 cm³/mol. The van der Waals surface area contributed by atoms with E-state index in [1.54, 1.807) is 0 Å². The van der Waals surface area contributed by atoms with E-state index in [1.165, 1.54) is 11.5 Å². The number of pyridine rings is 1. The average molecular weight is 270 g/mol. The van der Waals surface area contributed by atoms with Crippen molar-refractivity contribution in [3.05, 3.63) is 53.3 Å². The number of fused-ring (bicyclic) bond motifs is 1. The van der Waals surface area contributed by atoms with Crippen molar-refractivity contribution in [2.75, 3.05) is 0 Å². The predicted octanol–water partition coefficient (Wildman–Crippen LogP) is 3.89. The Morgan fingerprint density at radius 3 is 2.74 bits per heavy atom. The second kappa shape index (κ2) is 4.97. The number of rotatable bonds is 3. The fraction of sp³-hybridized carbons (Fsp3) is 0.200. The Morgan fingerprint density at radius 2 is 1.95 bits per heavy atom. The van der Waals surface area contributed by atoms with E-state index >= 15 is 0 Å². The first-order valence-corrected chi connectivity index (χ1v) is 6.91. The van der Waals surface area contributed by atoms with E-state index in [0.29, 0.717) is 12.5 Å². The highest BCUT2D eigenvalue weighted by molar-refractivity contribution is 7.13. The maximum absolute atomic E-state index is 5.85. The molecule has 1 aromatic carbocycles. The first-order chi connectivity index (χ1) is 9.25. The lowest BCUT2D eigenvalue weighted by molar-refractivity contribution is 0.292. The third-order valence-corrected chi connectivity index (χ3v) is 4.02. The highest BCUT2D eigenvalue weighted by Gasteiger charge is 2.11. The lowest BCUT2D eigenvalue weighted by Gasteiger charge is -2.10. The molecule has 96 valence electrons. The number of hydrogen-bond acceptors (Lipinski definition) is 4. The van der Waals surface area contributed by atoms with Crippen LogP contribution in [0.2, 0.25) is 0 Å². The Kier molecular flexibility index (Phi) is 3.17. The van der Waals surface area contributed by atoms with Gasteiger partial charge in [-0.2, -0.15) is 4.37 Å². The summed E-state index contributed by atoms with van der Waals surface area (Å²) in [5.41, 5.74) is 3.18. The van der Waals surface area contributed by atoms with Crippen LogP contribution in [0.5, 0.6) is 5.88 Å². The van der Waals surface area contributed by atoms with Gasteiger partial charge in [0.25, 0.3) is 0 Å². The molecule has 0 N–H and O–H groups in total. The molecule has 4 heteroatoms. The van der Waals surface area contributed by atoms with Crippen molar-refractivity contribution in [1.29, 1.82) is 0 Å². The van der Waals surface area contributed by atoms with Gasteiger partial charge in [-0.25, -0.2) is 4.98 Å². The van der Waals surface area contributed by atoms with Crippen LogP contribution in [-0.2, 0) is 6.61 Å². The van der Waals surface area contributed by atoms with Crippen LogP contribution in [0.1, 0.15) is 16.8 Å². The van der Waals surface area contributed by atoms with Gasteiger partial charge in [0.05, 0.1) is 10.4 Å². The lowest BCUT2D eigenvalue weighted by Crippen LogP contribution is -2.00. The summed E-state index contributed by atoms with van der Waals surface area (Å²) in [6.45, 7) is 4.57. The van der Waals surface area contributed by atoms with E-state index < -0.39 is 0 Å². The van der Waals surface area contributed by atoms with E-state index in [9.17, 15) is 0 Å². The van der Waals surface area contributed by atoms with Crippen molar-refractivity contribution < 1.29 is 4.74 Å². The Balaban J connectivity index is 1.91. The number of hydrogen-bond donors (Lipinski definition) is 0. The Morgan fingerprint density at radius 1 is 1.16 bits per heavy atom. The van der Waals surface area contributed by atoms with Gasteiger partial charge < -0.3 is 4.74 Å². The Labute approximate surface area is 116 Å².